The van der Waals surface area contributed by atoms with Gasteiger partial charge in [0.15, 0.2) is 5.13 Å². The normalized spacial score (nSPS) is 10.5. The SMILES string of the molecule is Cc1ccccc1N(C)Cc1csc(NC(=O)NCc2cccc(F)c2)n1. The maximum absolute atomic E-state index is 13.2. The first-order valence-corrected chi connectivity index (χ1v) is 9.39. The predicted octanol–water partition coefficient (Wildman–Crippen LogP) is 4.55. The second kappa shape index (κ2) is 8.64. The van der Waals surface area contributed by atoms with Crippen LogP contribution in [0.1, 0.15) is 16.8 Å². The van der Waals surface area contributed by atoms with Crippen LogP contribution in [-0.2, 0) is 13.1 Å². The van der Waals surface area contributed by atoms with Crippen molar-refractivity contribution in [3.8, 4) is 0 Å². The van der Waals surface area contributed by atoms with E-state index in [9.17, 15) is 9.18 Å². The zero-order valence-electron chi connectivity index (χ0n) is 15.2. The average molecular weight is 384 g/mol. The number of carbonyl (C=O) groups excluding carboxylic acids is 1. The molecule has 0 saturated heterocycles. The summed E-state index contributed by atoms with van der Waals surface area (Å²) in [7, 11) is 2.01. The number of anilines is 2. The van der Waals surface area contributed by atoms with Crippen LogP contribution in [0.25, 0.3) is 0 Å². The van der Waals surface area contributed by atoms with Crippen LogP contribution in [0.4, 0.5) is 20.0 Å². The number of para-hydroxylation sites is 1. The minimum atomic E-state index is -0.368. The van der Waals surface area contributed by atoms with Gasteiger partial charge in [-0.1, -0.05) is 30.3 Å². The molecule has 1 heterocycles. The number of nitrogens with zero attached hydrogens (tertiary/aromatic N) is 2. The van der Waals surface area contributed by atoms with E-state index in [2.05, 4.69) is 39.6 Å². The first-order chi connectivity index (χ1) is 13.0. The van der Waals surface area contributed by atoms with Gasteiger partial charge in [0.05, 0.1) is 12.2 Å². The Morgan fingerprint density at radius 3 is 2.81 bits per heavy atom. The van der Waals surface area contributed by atoms with Crippen molar-refractivity contribution < 1.29 is 9.18 Å². The zero-order chi connectivity index (χ0) is 19.2. The molecule has 140 valence electrons. The van der Waals surface area contributed by atoms with Crippen molar-refractivity contribution in [1.29, 1.82) is 0 Å². The summed E-state index contributed by atoms with van der Waals surface area (Å²) in [5, 5.41) is 7.87. The number of aromatic nitrogens is 1. The van der Waals surface area contributed by atoms with E-state index in [1.165, 1.54) is 29.0 Å². The summed E-state index contributed by atoms with van der Waals surface area (Å²) >= 11 is 1.37. The summed E-state index contributed by atoms with van der Waals surface area (Å²) < 4.78 is 13.2. The molecule has 3 rings (SSSR count). The highest BCUT2D eigenvalue weighted by Crippen LogP contribution is 2.22. The summed E-state index contributed by atoms with van der Waals surface area (Å²) in [6.07, 6.45) is 0. The number of hydrogen-bond donors (Lipinski definition) is 2. The van der Waals surface area contributed by atoms with Crippen molar-refractivity contribution in [3.63, 3.8) is 0 Å². The van der Waals surface area contributed by atoms with Gasteiger partial charge >= 0.3 is 6.03 Å². The van der Waals surface area contributed by atoms with E-state index >= 15 is 0 Å². The maximum atomic E-state index is 13.2. The van der Waals surface area contributed by atoms with Gasteiger partial charge in [-0.3, -0.25) is 5.32 Å². The van der Waals surface area contributed by atoms with Crippen molar-refractivity contribution >= 4 is 28.2 Å². The summed E-state index contributed by atoms with van der Waals surface area (Å²) in [6.45, 7) is 2.97. The number of nitrogens with one attached hydrogen (secondary N) is 2. The van der Waals surface area contributed by atoms with E-state index in [0.717, 1.165) is 11.4 Å². The molecule has 0 aliphatic carbocycles. The Hall–Kier alpha value is -2.93. The lowest BCUT2D eigenvalue weighted by Gasteiger charge is -2.20. The molecule has 0 bridgehead atoms. The lowest BCUT2D eigenvalue weighted by atomic mass is 10.2. The van der Waals surface area contributed by atoms with Crippen molar-refractivity contribution in [1.82, 2.24) is 10.3 Å². The number of carbonyl (C=O) groups is 1. The Labute approximate surface area is 161 Å². The molecule has 1 aromatic heterocycles. The minimum Gasteiger partial charge on any atom is -0.368 e. The van der Waals surface area contributed by atoms with Gasteiger partial charge in [0.25, 0.3) is 0 Å². The first-order valence-electron chi connectivity index (χ1n) is 8.52. The third-order valence-electron chi connectivity index (χ3n) is 4.04. The maximum Gasteiger partial charge on any atom is 0.321 e. The highest BCUT2D eigenvalue weighted by Gasteiger charge is 2.10. The van der Waals surface area contributed by atoms with Crippen molar-refractivity contribution in [2.45, 2.75) is 20.0 Å². The van der Waals surface area contributed by atoms with Gasteiger partial charge in [-0.15, -0.1) is 11.3 Å². The lowest BCUT2D eigenvalue weighted by molar-refractivity contribution is 0.251. The predicted molar refractivity (Wildman–Crippen MR) is 108 cm³/mol. The van der Waals surface area contributed by atoms with Crippen LogP contribution in [0.15, 0.2) is 53.9 Å². The molecule has 0 atom stereocenters. The average Bonchev–Trinajstić information content (AvgIpc) is 3.07. The summed E-state index contributed by atoms with van der Waals surface area (Å²) in [5.41, 5.74) is 3.93. The molecule has 0 unspecified atom stereocenters. The Bertz CT molecular complexity index is 928. The highest BCUT2D eigenvalue weighted by atomic mass is 32.1. The van der Waals surface area contributed by atoms with Crippen LogP contribution >= 0.6 is 11.3 Å². The van der Waals surface area contributed by atoms with Gasteiger partial charge in [0, 0.05) is 24.7 Å². The van der Waals surface area contributed by atoms with E-state index in [1.54, 1.807) is 12.1 Å². The monoisotopic (exact) mass is 384 g/mol. The molecule has 2 N–H and O–H groups in total. The Balaban J connectivity index is 1.53. The second-order valence-corrected chi connectivity index (χ2v) is 7.08. The topological polar surface area (TPSA) is 57.3 Å². The fourth-order valence-electron chi connectivity index (χ4n) is 2.73. The molecule has 3 aromatic rings. The number of benzene rings is 2. The molecule has 2 aromatic carbocycles. The van der Waals surface area contributed by atoms with Gasteiger partial charge in [-0.25, -0.2) is 14.2 Å². The highest BCUT2D eigenvalue weighted by molar-refractivity contribution is 7.13. The number of aryl methyl sites for hydroxylation is 1. The van der Waals surface area contributed by atoms with Crippen LogP contribution in [0, 0.1) is 12.7 Å². The van der Waals surface area contributed by atoms with Gasteiger partial charge < -0.3 is 10.2 Å². The summed E-state index contributed by atoms with van der Waals surface area (Å²) in [4.78, 5) is 18.6. The molecule has 0 radical (unpaired) electrons. The van der Waals surface area contributed by atoms with Gasteiger partial charge in [0.1, 0.15) is 5.82 Å². The Kier molecular flexibility index (Phi) is 6.03. The largest absolute Gasteiger partial charge is 0.368 e. The van der Waals surface area contributed by atoms with Crippen LogP contribution < -0.4 is 15.5 Å². The van der Waals surface area contributed by atoms with Crippen LogP contribution in [0.3, 0.4) is 0 Å². The molecule has 0 aliphatic heterocycles. The lowest BCUT2D eigenvalue weighted by Crippen LogP contribution is -2.28. The van der Waals surface area contributed by atoms with E-state index < -0.39 is 0 Å². The quantitative estimate of drug-likeness (QED) is 0.656. The number of halogens is 1. The van der Waals surface area contributed by atoms with Crippen LogP contribution in [0.2, 0.25) is 0 Å². The third kappa shape index (κ3) is 5.27. The van der Waals surface area contributed by atoms with Crippen LogP contribution in [0.5, 0.6) is 0 Å². The van der Waals surface area contributed by atoms with Gasteiger partial charge in [-0.05, 0) is 36.2 Å². The fourth-order valence-corrected chi connectivity index (χ4v) is 3.42. The Morgan fingerprint density at radius 2 is 2.04 bits per heavy atom. The number of hydrogen-bond acceptors (Lipinski definition) is 4. The first kappa shape index (κ1) is 18.8. The van der Waals surface area contributed by atoms with Crippen molar-refractivity contribution in [3.05, 3.63) is 76.5 Å². The molecule has 7 heteroatoms. The van der Waals surface area contributed by atoms with E-state index in [0.29, 0.717) is 17.2 Å². The Morgan fingerprint density at radius 1 is 1.22 bits per heavy atom. The van der Waals surface area contributed by atoms with Crippen molar-refractivity contribution in [2.24, 2.45) is 0 Å². The van der Waals surface area contributed by atoms with Gasteiger partial charge in [0.2, 0.25) is 0 Å². The summed E-state index contributed by atoms with van der Waals surface area (Å²) in [6, 6.07) is 13.9. The molecule has 2 amide bonds. The zero-order valence-corrected chi connectivity index (χ0v) is 16.0. The van der Waals surface area contributed by atoms with E-state index in [4.69, 9.17) is 0 Å². The fraction of sp³-hybridized carbons (Fsp3) is 0.200. The molecular formula is C20H21FN4OS. The minimum absolute atomic E-state index is 0.248. The molecule has 0 saturated carbocycles. The van der Waals surface area contributed by atoms with Crippen molar-refractivity contribution in [2.75, 3.05) is 17.3 Å². The number of thiazole rings is 1. The molecule has 0 spiro atoms. The molecular weight excluding hydrogens is 363 g/mol. The van der Waals surface area contributed by atoms with Crippen LogP contribution in [-0.4, -0.2) is 18.1 Å². The third-order valence-corrected chi connectivity index (χ3v) is 4.85. The smallest absolute Gasteiger partial charge is 0.321 e. The number of amides is 2. The molecule has 0 aliphatic rings. The van der Waals surface area contributed by atoms with Gasteiger partial charge in [-0.2, -0.15) is 0 Å². The van der Waals surface area contributed by atoms with E-state index in [-0.39, 0.29) is 18.4 Å². The summed E-state index contributed by atoms with van der Waals surface area (Å²) in [5.74, 6) is -0.322. The molecule has 5 nitrogen and oxygen atoms in total. The molecule has 0 fully saturated rings. The molecule has 27 heavy (non-hydrogen) atoms. The van der Waals surface area contributed by atoms with E-state index in [1.807, 2.05) is 24.6 Å². The second-order valence-electron chi connectivity index (χ2n) is 6.22. The standard InChI is InChI=1S/C20H21FN4OS/c1-14-6-3-4-9-18(14)25(2)12-17-13-27-20(23-17)24-19(26)22-11-15-7-5-8-16(21)10-15/h3-10,13H,11-12H2,1-2H3,(H2,22,23,24,26). The number of urea groups is 1. The number of rotatable bonds is 6.